The zero-order valence-corrected chi connectivity index (χ0v) is 79.6. The normalized spacial score (nSPS) is 11.3. The van der Waals surface area contributed by atoms with Gasteiger partial charge in [-0.1, -0.05) is 388 Å². The highest BCUT2D eigenvalue weighted by molar-refractivity contribution is 6.25. The molecule has 17 nitrogen and oxygen atoms in total. The van der Waals surface area contributed by atoms with Gasteiger partial charge < -0.3 is 22.5 Å². The average Bonchev–Trinajstić information content (AvgIpc) is 1.56. The molecule has 0 amide bonds. The molecule has 0 aliphatic carbocycles. The fraction of sp³-hybridized carbons (Fsp3) is 0. The maximum atomic E-state index is 11.1. The number of hydrogen-bond acceptors (Lipinski definition) is 14. The van der Waals surface area contributed by atoms with Gasteiger partial charge in [0, 0.05) is 98.5 Å². The SMILES string of the molecule is N#Cc1cc(-c2ccccc2)cc(-c2nc(-c3ccccc3)nc(-c3ccccc3)n2)c1-n1c2ccccc2c2c3oc4ccccc4c3ccc21.N#Cc1cc(-c2ccccc2)cc(-c2nc(-c3ccccc3)nc(-c3ccccc3)n2)c1-n1c2ccccc2c2ccc3c4ccccc4oc3c21.N#Cc1cc(-c2ccccc2)cc(-c2nc(-c3ccccc3)nc(-c3ccccc3)n2)c1-n1c2ccccc2c2ccccc21. The van der Waals surface area contributed by atoms with Crippen LogP contribution >= 0.6 is 0 Å². The van der Waals surface area contributed by atoms with E-state index in [2.05, 4.69) is 171 Å². The number of aromatic nitrogens is 12. The van der Waals surface area contributed by atoms with Crippen molar-refractivity contribution in [3.63, 3.8) is 0 Å². The molecule has 8 aromatic heterocycles. The lowest BCUT2D eigenvalue weighted by atomic mass is 9.97. The van der Waals surface area contributed by atoms with Crippen LogP contribution < -0.4 is 0 Å². The summed E-state index contributed by atoms with van der Waals surface area (Å²) in [5, 5.41) is 43.3. The van der Waals surface area contributed by atoms with E-state index in [1.54, 1.807) is 0 Å². The summed E-state index contributed by atoms with van der Waals surface area (Å²) in [6, 6.07) is 168. The minimum atomic E-state index is 0.458. The van der Waals surface area contributed by atoms with E-state index in [0.717, 1.165) is 187 Å². The summed E-state index contributed by atoms with van der Waals surface area (Å²) in [6.45, 7) is 0. The molecule has 0 bridgehead atoms. The predicted molar refractivity (Wildman–Crippen MR) is 596 cm³/mol. The van der Waals surface area contributed by atoms with Crippen molar-refractivity contribution in [2.24, 2.45) is 0 Å². The first-order valence-electron chi connectivity index (χ1n) is 49.0. The number of furan rings is 2. The molecule has 0 aliphatic heterocycles. The first kappa shape index (κ1) is 88.1. The van der Waals surface area contributed by atoms with E-state index in [9.17, 15) is 15.8 Å². The lowest BCUT2D eigenvalue weighted by molar-refractivity contribution is 0.671. The molecule has 0 N–H and O–H groups in total. The van der Waals surface area contributed by atoms with Gasteiger partial charge in [0.25, 0.3) is 0 Å². The molecule has 28 aromatic rings. The van der Waals surface area contributed by atoms with Crippen LogP contribution in [0.2, 0.25) is 0 Å². The van der Waals surface area contributed by atoms with Crippen LogP contribution in [-0.4, -0.2) is 58.6 Å². The van der Waals surface area contributed by atoms with Crippen LogP contribution in [0.5, 0.6) is 0 Å². The van der Waals surface area contributed by atoms with Crippen molar-refractivity contribution in [1.82, 2.24) is 58.6 Å². The molecular formula is C132H79N15O2. The molecule has 0 atom stereocenters. The Morgan fingerprint density at radius 1 is 0.174 bits per heavy atom. The Hall–Kier alpha value is -21.1. The summed E-state index contributed by atoms with van der Waals surface area (Å²) in [5.41, 5.74) is 25.5. The Kier molecular flexibility index (Phi) is 22.3. The fourth-order valence-corrected chi connectivity index (χ4v) is 20.7. The fourth-order valence-electron chi connectivity index (χ4n) is 20.7. The predicted octanol–water partition coefficient (Wildman–Crippen LogP) is 32.3. The molecule has 0 saturated carbocycles. The second-order valence-corrected chi connectivity index (χ2v) is 36.3. The first-order chi connectivity index (χ1) is 73.8. The number of nitriles is 3. The lowest BCUT2D eigenvalue weighted by Gasteiger charge is -2.18. The van der Waals surface area contributed by atoms with Crippen molar-refractivity contribution >= 4 is 109 Å². The van der Waals surface area contributed by atoms with Crippen molar-refractivity contribution in [3.05, 3.63) is 496 Å². The van der Waals surface area contributed by atoms with E-state index in [1.165, 1.54) is 0 Å². The van der Waals surface area contributed by atoms with Gasteiger partial charge in [-0.05, 0) is 124 Å². The first-order valence-corrected chi connectivity index (χ1v) is 49.0. The van der Waals surface area contributed by atoms with Crippen LogP contribution in [-0.2, 0) is 0 Å². The summed E-state index contributed by atoms with van der Waals surface area (Å²) >= 11 is 0. The van der Waals surface area contributed by atoms with Crippen molar-refractivity contribution in [3.8, 4) is 171 Å². The summed E-state index contributed by atoms with van der Waals surface area (Å²) in [7, 11) is 0. The van der Waals surface area contributed by atoms with Crippen LogP contribution in [0.25, 0.3) is 262 Å². The minimum Gasteiger partial charge on any atom is -0.455 e. The number of fused-ring (bicyclic) bond motifs is 17. The van der Waals surface area contributed by atoms with Crippen molar-refractivity contribution < 1.29 is 8.83 Å². The Morgan fingerprint density at radius 2 is 0.409 bits per heavy atom. The number of rotatable bonds is 15. The Morgan fingerprint density at radius 3 is 0.745 bits per heavy atom. The molecule has 0 fully saturated rings. The molecule has 0 radical (unpaired) electrons. The Balaban J connectivity index is 0.000000113. The van der Waals surface area contributed by atoms with Gasteiger partial charge in [-0.25, -0.2) is 44.9 Å². The highest BCUT2D eigenvalue weighted by Crippen LogP contribution is 2.49. The molecule has 17 heteroatoms. The van der Waals surface area contributed by atoms with Crippen molar-refractivity contribution in [2.75, 3.05) is 0 Å². The van der Waals surface area contributed by atoms with E-state index in [-0.39, 0.29) is 0 Å². The molecule has 0 saturated heterocycles. The smallest absolute Gasteiger partial charge is 0.166 e. The third kappa shape index (κ3) is 15.9. The maximum Gasteiger partial charge on any atom is 0.166 e. The van der Waals surface area contributed by atoms with Crippen molar-refractivity contribution in [2.45, 2.75) is 0 Å². The van der Waals surface area contributed by atoms with Crippen LogP contribution in [0.15, 0.2) is 488 Å². The quantitative estimate of drug-likeness (QED) is 0.0930. The van der Waals surface area contributed by atoms with Gasteiger partial charge >= 0.3 is 0 Å². The molecule has 8 heterocycles. The monoisotopic (exact) mass is 1910 g/mol. The Bertz CT molecular complexity index is 10000. The van der Waals surface area contributed by atoms with E-state index in [1.807, 2.05) is 340 Å². The number of benzene rings is 20. The highest BCUT2D eigenvalue weighted by atomic mass is 16.3. The largest absolute Gasteiger partial charge is 0.455 e. The second-order valence-electron chi connectivity index (χ2n) is 36.3. The van der Waals surface area contributed by atoms with Gasteiger partial charge in [-0.3, -0.25) is 0 Å². The van der Waals surface area contributed by atoms with Crippen LogP contribution in [0, 0.1) is 34.0 Å². The topological polar surface area (TPSA) is 228 Å². The van der Waals surface area contributed by atoms with E-state index in [0.29, 0.717) is 91.6 Å². The van der Waals surface area contributed by atoms with E-state index >= 15 is 0 Å². The number of hydrogen-bond donors (Lipinski definition) is 0. The minimum absolute atomic E-state index is 0.458. The van der Waals surface area contributed by atoms with Gasteiger partial charge in [0.1, 0.15) is 35.0 Å². The molecule has 0 unspecified atom stereocenters. The second kappa shape index (κ2) is 37.7. The third-order valence-corrected chi connectivity index (χ3v) is 27.4. The summed E-state index contributed by atoms with van der Waals surface area (Å²) < 4.78 is 19.8. The zero-order chi connectivity index (χ0) is 99.4. The number of nitrogens with zero attached hydrogens (tertiary/aromatic N) is 15. The average molecular weight is 1910 g/mol. The molecule has 28 rings (SSSR count). The van der Waals surface area contributed by atoms with Gasteiger partial charge in [-0.15, -0.1) is 0 Å². The molecule has 20 aromatic carbocycles. The van der Waals surface area contributed by atoms with Crippen molar-refractivity contribution in [1.29, 1.82) is 15.8 Å². The Labute approximate surface area is 853 Å². The maximum absolute atomic E-state index is 11.1. The van der Waals surface area contributed by atoms with Crippen LogP contribution in [0.1, 0.15) is 16.7 Å². The number of para-hydroxylation sites is 6. The molecule has 0 spiro atoms. The zero-order valence-electron chi connectivity index (χ0n) is 79.6. The van der Waals surface area contributed by atoms with Crippen LogP contribution in [0.4, 0.5) is 0 Å². The van der Waals surface area contributed by atoms with E-state index in [4.69, 9.17) is 53.7 Å². The summed E-state index contributed by atoms with van der Waals surface area (Å²) in [6.07, 6.45) is 0. The van der Waals surface area contributed by atoms with Crippen LogP contribution in [0.3, 0.4) is 0 Å². The summed E-state index contributed by atoms with van der Waals surface area (Å²) in [5.74, 6) is 4.73. The lowest BCUT2D eigenvalue weighted by Crippen LogP contribution is -2.06. The molecule has 0 aliphatic rings. The molecule has 694 valence electrons. The molecule has 149 heavy (non-hydrogen) atoms. The van der Waals surface area contributed by atoms with Gasteiger partial charge in [0.2, 0.25) is 0 Å². The van der Waals surface area contributed by atoms with Gasteiger partial charge in [0.15, 0.2) is 58.0 Å². The molecular weight excluding hydrogens is 1830 g/mol. The summed E-state index contributed by atoms with van der Waals surface area (Å²) in [4.78, 5) is 45.7. The van der Waals surface area contributed by atoms with Gasteiger partial charge in [-0.2, -0.15) is 15.8 Å². The highest BCUT2D eigenvalue weighted by Gasteiger charge is 2.31. The van der Waals surface area contributed by atoms with E-state index < -0.39 is 0 Å². The third-order valence-electron chi connectivity index (χ3n) is 27.4. The van der Waals surface area contributed by atoms with Gasteiger partial charge in [0.05, 0.1) is 72.2 Å². The standard InChI is InChI=1S/2C46H27N5O.C40H25N5/c47-28-33-26-32(29-14-4-1-5-15-29)27-37(46-49-44(30-16-6-2-7-17-30)48-45(50-46)31-18-8-3-9-19-31)42(33)51-38-22-12-10-21-36(38)41-39(51)25-24-35-34-20-11-13-23-40(34)52-43(35)41;47-28-33-26-32(29-14-4-1-5-15-29)27-38(46-49-44(30-16-6-2-7-17-30)48-45(50-46)31-18-8-3-9-19-31)41(33)51-39-22-12-10-20-34(39)36-24-25-37-35-21-11-13-23-40(35)52-43(37)42(36)51;41-26-31-24-30(27-14-4-1-5-15-27)25-34(37(31)45-35-22-12-10-20-32(35)33-21-11-13-23-36(33)45)40-43-38(28-16-6-2-7-17-28)42-39(44-40)29-18-8-3-9-19-29/h2*1-27H;1-25H.